The molecular formula is C8H22F2O2Ti. The molecule has 0 aliphatic rings. The maximum Gasteiger partial charge on any atom is 0.0430 e. The summed E-state index contributed by atoms with van der Waals surface area (Å²) in [5.41, 5.74) is 0. The molecule has 0 aliphatic heterocycles. The molecule has 2 N–H and O–H groups in total. The Morgan fingerprint density at radius 3 is 1.00 bits per heavy atom. The predicted octanol–water partition coefficient (Wildman–Crippen LogP) is 1.86. The van der Waals surface area contributed by atoms with Crippen LogP contribution in [0.15, 0.2) is 0 Å². The third-order valence-electron chi connectivity index (χ3n) is 1.02. The van der Waals surface area contributed by atoms with Gasteiger partial charge in [0.2, 0.25) is 0 Å². The van der Waals surface area contributed by atoms with Gasteiger partial charge in [-0.1, -0.05) is 26.7 Å². The van der Waals surface area contributed by atoms with Crippen LogP contribution in [-0.2, 0) is 21.7 Å². The molecule has 0 spiro atoms. The van der Waals surface area contributed by atoms with Crippen LogP contribution in [0.1, 0.15) is 39.5 Å². The summed E-state index contributed by atoms with van der Waals surface area (Å²) in [6.45, 7) is 4.79. The zero-order chi connectivity index (χ0) is 8.24. The number of aliphatic hydroxyl groups excluding tert-OH is 2. The van der Waals surface area contributed by atoms with Crippen LogP contribution in [-0.4, -0.2) is 23.4 Å². The SMILES string of the molecule is CCCCO.CCCCO.F.F.[Ti]. The van der Waals surface area contributed by atoms with Crippen molar-refractivity contribution < 1.29 is 41.3 Å². The van der Waals surface area contributed by atoms with Gasteiger partial charge in [-0.15, -0.1) is 0 Å². The largest absolute Gasteiger partial charge is 0.396 e. The van der Waals surface area contributed by atoms with Crippen molar-refractivity contribution >= 4 is 0 Å². The molecule has 0 aromatic rings. The fourth-order valence-corrected chi connectivity index (χ4v) is 0.316. The normalized spacial score (nSPS) is 6.46. The Morgan fingerprint density at radius 2 is 1.00 bits per heavy atom. The Labute approximate surface area is 94.4 Å². The van der Waals surface area contributed by atoms with E-state index in [1.807, 2.05) is 0 Å². The molecule has 0 rings (SSSR count). The van der Waals surface area contributed by atoms with Gasteiger partial charge in [-0.2, -0.15) is 0 Å². The maximum absolute atomic E-state index is 8.07. The van der Waals surface area contributed by atoms with E-state index in [1.165, 1.54) is 0 Å². The second-order valence-electron chi connectivity index (χ2n) is 2.15. The smallest absolute Gasteiger partial charge is 0.0430 e. The molecule has 0 radical (unpaired) electrons. The van der Waals surface area contributed by atoms with Crippen molar-refractivity contribution in [1.82, 2.24) is 0 Å². The van der Waals surface area contributed by atoms with Crippen LogP contribution >= 0.6 is 0 Å². The van der Waals surface area contributed by atoms with Crippen molar-refractivity contribution in [3.63, 3.8) is 0 Å². The van der Waals surface area contributed by atoms with E-state index in [0.29, 0.717) is 13.2 Å². The quantitative estimate of drug-likeness (QED) is 0.731. The minimum atomic E-state index is 0. The topological polar surface area (TPSA) is 40.5 Å². The van der Waals surface area contributed by atoms with Gasteiger partial charge >= 0.3 is 0 Å². The van der Waals surface area contributed by atoms with Crippen LogP contribution in [0.25, 0.3) is 0 Å². The minimum absolute atomic E-state index is 0. The third-order valence-corrected chi connectivity index (χ3v) is 1.02. The first-order valence-electron chi connectivity index (χ1n) is 4.05. The number of halogens is 2. The van der Waals surface area contributed by atoms with E-state index in [2.05, 4.69) is 13.8 Å². The van der Waals surface area contributed by atoms with Gasteiger partial charge in [0.1, 0.15) is 0 Å². The Kier molecular flexibility index (Phi) is 87.9. The molecule has 0 aliphatic carbocycles. The number of hydrogen-bond donors (Lipinski definition) is 2. The number of hydrogen-bond acceptors (Lipinski definition) is 2. The van der Waals surface area contributed by atoms with Crippen molar-refractivity contribution in [2.45, 2.75) is 39.5 Å². The Bertz CT molecular complexity index is 41.1. The van der Waals surface area contributed by atoms with E-state index in [0.717, 1.165) is 25.7 Å². The summed E-state index contributed by atoms with van der Waals surface area (Å²) in [5, 5.41) is 16.1. The zero-order valence-corrected chi connectivity index (χ0v) is 10.0. The molecule has 0 atom stereocenters. The molecule has 0 aromatic carbocycles. The summed E-state index contributed by atoms with van der Waals surface area (Å²) in [6.07, 6.45) is 4.08. The van der Waals surface area contributed by atoms with Crippen LogP contribution in [0.4, 0.5) is 9.41 Å². The van der Waals surface area contributed by atoms with Crippen molar-refractivity contribution in [3.05, 3.63) is 0 Å². The second kappa shape index (κ2) is 39.1. The summed E-state index contributed by atoms with van der Waals surface area (Å²) in [6, 6.07) is 0. The van der Waals surface area contributed by atoms with E-state index in [9.17, 15) is 0 Å². The maximum atomic E-state index is 8.07. The number of unbranched alkanes of at least 4 members (excludes halogenated alkanes) is 2. The van der Waals surface area contributed by atoms with Crippen LogP contribution in [0, 0.1) is 0 Å². The van der Waals surface area contributed by atoms with Crippen LogP contribution in [0.5, 0.6) is 0 Å². The summed E-state index contributed by atoms with van der Waals surface area (Å²) >= 11 is 0. The third kappa shape index (κ3) is 68.1. The van der Waals surface area contributed by atoms with Gasteiger partial charge in [0.25, 0.3) is 0 Å². The summed E-state index contributed by atoms with van der Waals surface area (Å²) in [4.78, 5) is 0. The average Bonchev–Trinajstić information content (AvgIpc) is 1.93. The Morgan fingerprint density at radius 1 is 0.769 bits per heavy atom. The molecule has 0 heterocycles. The summed E-state index contributed by atoms with van der Waals surface area (Å²) in [7, 11) is 0. The molecule has 0 aromatic heterocycles. The van der Waals surface area contributed by atoms with Gasteiger partial charge in [-0.3, -0.25) is 9.41 Å². The zero-order valence-electron chi connectivity index (χ0n) is 8.45. The van der Waals surface area contributed by atoms with E-state index in [4.69, 9.17) is 10.2 Å². The molecule has 0 saturated carbocycles. The van der Waals surface area contributed by atoms with Crippen molar-refractivity contribution in [2.24, 2.45) is 0 Å². The Balaban J connectivity index is -0.0000000267. The molecular weight excluding hydrogens is 214 g/mol. The fourth-order valence-electron chi connectivity index (χ4n) is 0.316. The summed E-state index contributed by atoms with van der Waals surface area (Å²) < 4.78 is 0. The molecule has 84 valence electrons. The molecule has 0 bridgehead atoms. The minimum Gasteiger partial charge on any atom is -0.396 e. The van der Waals surface area contributed by atoms with Crippen molar-refractivity contribution in [1.29, 1.82) is 0 Å². The molecule has 0 unspecified atom stereocenters. The van der Waals surface area contributed by atoms with Crippen LogP contribution < -0.4 is 0 Å². The summed E-state index contributed by atoms with van der Waals surface area (Å²) in [5.74, 6) is 0. The van der Waals surface area contributed by atoms with E-state index in [-0.39, 0.29) is 31.1 Å². The number of aliphatic hydroxyl groups is 2. The first-order valence-corrected chi connectivity index (χ1v) is 4.05. The van der Waals surface area contributed by atoms with Crippen LogP contribution in [0.2, 0.25) is 0 Å². The second-order valence-corrected chi connectivity index (χ2v) is 2.15. The van der Waals surface area contributed by atoms with Crippen molar-refractivity contribution in [3.8, 4) is 0 Å². The van der Waals surface area contributed by atoms with Crippen LogP contribution in [0.3, 0.4) is 0 Å². The van der Waals surface area contributed by atoms with Gasteiger partial charge in [0.15, 0.2) is 0 Å². The number of rotatable bonds is 4. The molecule has 5 heteroatoms. The molecule has 0 amide bonds. The standard InChI is InChI=1S/2C4H10O.2FH.Ti/c2*1-2-3-4-5;;;/h2*5H,2-4H2,1H3;2*1H;. The van der Waals surface area contributed by atoms with Gasteiger partial charge in [0.05, 0.1) is 0 Å². The van der Waals surface area contributed by atoms with E-state index >= 15 is 0 Å². The van der Waals surface area contributed by atoms with Gasteiger partial charge in [-0.05, 0) is 12.8 Å². The molecule has 2 nitrogen and oxygen atoms in total. The first-order chi connectivity index (χ1) is 4.83. The first kappa shape index (κ1) is 29.2. The van der Waals surface area contributed by atoms with Gasteiger partial charge in [-0.25, -0.2) is 0 Å². The Hall–Kier alpha value is 0.494. The fraction of sp³-hybridized carbons (Fsp3) is 1.00. The van der Waals surface area contributed by atoms with Gasteiger partial charge in [0, 0.05) is 34.9 Å². The molecule has 0 saturated heterocycles. The monoisotopic (exact) mass is 236 g/mol. The van der Waals surface area contributed by atoms with E-state index in [1.54, 1.807) is 0 Å². The van der Waals surface area contributed by atoms with Gasteiger partial charge < -0.3 is 10.2 Å². The molecule has 0 fully saturated rings. The average molecular weight is 236 g/mol. The molecule has 13 heavy (non-hydrogen) atoms. The van der Waals surface area contributed by atoms with Crippen molar-refractivity contribution in [2.75, 3.05) is 13.2 Å². The predicted molar refractivity (Wildman–Crippen MR) is 49.0 cm³/mol. The van der Waals surface area contributed by atoms with E-state index < -0.39 is 0 Å².